The first-order valence-corrected chi connectivity index (χ1v) is 10.5. The van der Waals surface area contributed by atoms with Gasteiger partial charge in [-0.2, -0.15) is 5.10 Å². The first-order valence-electron chi connectivity index (χ1n) is 9.59. The summed E-state index contributed by atoms with van der Waals surface area (Å²) in [5, 5.41) is 18.7. The number of phenols is 1. The van der Waals surface area contributed by atoms with Crippen molar-refractivity contribution in [2.75, 3.05) is 13.1 Å². The number of nitrogens with zero attached hydrogens (tertiary/aromatic N) is 3. The second kappa shape index (κ2) is 7.82. The van der Waals surface area contributed by atoms with E-state index in [0.717, 1.165) is 35.5 Å². The molecule has 0 aliphatic carbocycles. The van der Waals surface area contributed by atoms with E-state index in [2.05, 4.69) is 11.8 Å². The van der Waals surface area contributed by atoms with E-state index in [-0.39, 0.29) is 17.7 Å². The number of amides is 1. The molecular weight excluding hydrogens is 358 g/mol. The molecule has 6 heteroatoms. The number of thiophene rings is 1. The topological polar surface area (TPSA) is 56.1 Å². The molecule has 1 saturated heterocycles. The van der Waals surface area contributed by atoms with Gasteiger partial charge in [0.1, 0.15) is 5.75 Å². The summed E-state index contributed by atoms with van der Waals surface area (Å²) >= 11 is 1.63. The molecule has 3 heterocycles. The molecule has 142 valence electrons. The van der Waals surface area contributed by atoms with Gasteiger partial charge in [0.15, 0.2) is 0 Å². The number of hydrogen-bond donors (Lipinski definition) is 1. The van der Waals surface area contributed by atoms with Crippen LogP contribution in [-0.2, 0) is 4.79 Å². The third-order valence-corrected chi connectivity index (χ3v) is 6.47. The molecule has 5 nitrogen and oxygen atoms in total. The number of hydrogen-bond acceptors (Lipinski definition) is 5. The number of para-hydroxylation sites is 1. The van der Waals surface area contributed by atoms with Crippen LogP contribution in [0.4, 0.5) is 0 Å². The highest BCUT2D eigenvalue weighted by Crippen LogP contribution is 2.37. The van der Waals surface area contributed by atoms with Gasteiger partial charge >= 0.3 is 0 Å². The lowest BCUT2D eigenvalue weighted by Gasteiger charge is -2.34. The van der Waals surface area contributed by atoms with Crippen LogP contribution in [0.3, 0.4) is 0 Å². The van der Waals surface area contributed by atoms with E-state index in [1.807, 2.05) is 29.6 Å². The SMILES string of the molecule is C[C@H]1CCCCN1CC(=O)N1N=C(c2cccs2)C[C@H]1c1ccccc1O. The number of rotatable bonds is 4. The molecule has 0 spiro atoms. The highest BCUT2D eigenvalue weighted by molar-refractivity contribution is 7.12. The van der Waals surface area contributed by atoms with Crippen molar-refractivity contribution in [1.82, 2.24) is 9.91 Å². The minimum Gasteiger partial charge on any atom is -0.508 e. The Balaban J connectivity index is 1.60. The molecule has 1 fully saturated rings. The summed E-state index contributed by atoms with van der Waals surface area (Å²) in [5.41, 5.74) is 1.67. The molecule has 1 amide bonds. The Morgan fingerprint density at radius 2 is 2.11 bits per heavy atom. The number of piperidine rings is 1. The van der Waals surface area contributed by atoms with Crippen molar-refractivity contribution in [3.8, 4) is 5.75 Å². The van der Waals surface area contributed by atoms with Crippen LogP contribution in [0.1, 0.15) is 49.1 Å². The minimum atomic E-state index is -0.254. The van der Waals surface area contributed by atoms with Gasteiger partial charge in [-0.25, -0.2) is 5.01 Å². The van der Waals surface area contributed by atoms with E-state index in [9.17, 15) is 9.90 Å². The van der Waals surface area contributed by atoms with Crippen LogP contribution in [0.2, 0.25) is 0 Å². The van der Waals surface area contributed by atoms with Crippen LogP contribution < -0.4 is 0 Å². The predicted molar refractivity (Wildman–Crippen MR) is 108 cm³/mol. The van der Waals surface area contributed by atoms with Crippen molar-refractivity contribution in [1.29, 1.82) is 0 Å². The molecule has 2 aromatic rings. The summed E-state index contributed by atoms with van der Waals surface area (Å²) < 4.78 is 0. The van der Waals surface area contributed by atoms with Crippen LogP contribution in [0, 0.1) is 0 Å². The lowest BCUT2D eigenvalue weighted by molar-refractivity contribution is -0.135. The molecule has 2 aliphatic rings. The largest absolute Gasteiger partial charge is 0.508 e. The molecule has 4 rings (SSSR count). The van der Waals surface area contributed by atoms with Crippen molar-refractivity contribution >= 4 is 23.0 Å². The molecule has 2 aliphatic heterocycles. The number of hydrazone groups is 1. The molecule has 1 aromatic carbocycles. The molecule has 1 aromatic heterocycles. The first kappa shape index (κ1) is 18.2. The molecule has 0 bridgehead atoms. The summed E-state index contributed by atoms with van der Waals surface area (Å²) in [5.74, 6) is 0.220. The van der Waals surface area contributed by atoms with Gasteiger partial charge in [-0.05, 0) is 43.8 Å². The van der Waals surface area contributed by atoms with E-state index in [1.165, 1.54) is 6.42 Å². The van der Waals surface area contributed by atoms with Gasteiger partial charge in [-0.3, -0.25) is 9.69 Å². The van der Waals surface area contributed by atoms with Crippen LogP contribution in [0.15, 0.2) is 46.9 Å². The average molecular weight is 384 g/mol. The van der Waals surface area contributed by atoms with E-state index in [0.29, 0.717) is 19.0 Å². The molecule has 2 atom stereocenters. The number of phenolic OH excluding ortho intramolecular Hbond substituents is 1. The lowest BCUT2D eigenvalue weighted by Crippen LogP contribution is -2.44. The van der Waals surface area contributed by atoms with Crippen molar-refractivity contribution < 1.29 is 9.90 Å². The molecule has 1 N–H and O–H groups in total. The van der Waals surface area contributed by atoms with E-state index in [4.69, 9.17) is 5.10 Å². The quantitative estimate of drug-likeness (QED) is 0.868. The zero-order valence-electron chi connectivity index (χ0n) is 15.5. The van der Waals surface area contributed by atoms with Crippen LogP contribution in [0.25, 0.3) is 0 Å². The maximum absolute atomic E-state index is 13.2. The van der Waals surface area contributed by atoms with E-state index < -0.39 is 0 Å². The maximum Gasteiger partial charge on any atom is 0.257 e. The van der Waals surface area contributed by atoms with Gasteiger partial charge in [0.2, 0.25) is 0 Å². The summed E-state index contributed by atoms with van der Waals surface area (Å²) in [6.07, 6.45) is 4.14. The van der Waals surface area contributed by atoms with E-state index >= 15 is 0 Å². The fraction of sp³-hybridized carbons (Fsp3) is 0.429. The van der Waals surface area contributed by atoms with Gasteiger partial charge in [0.05, 0.1) is 23.2 Å². The number of aromatic hydroxyl groups is 1. The van der Waals surface area contributed by atoms with Crippen molar-refractivity contribution in [3.05, 3.63) is 52.2 Å². The lowest BCUT2D eigenvalue weighted by atomic mass is 10.00. The van der Waals surface area contributed by atoms with Crippen LogP contribution in [-0.4, -0.2) is 45.8 Å². The number of benzene rings is 1. The first-order chi connectivity index (χ1) is 13.1. The fourth-order valence-electron chi connectivity index (χ4n) is 3.98. The smallest absolute Gasteiger partial charge is 0.257 e. The highest BCUT2D eigenvalue weighted by atomic mass is 32.1. The molecule has 0 radical (unpaired) electrons. The van der Waals surface area contributed by atoms with Crippen LogP contribution >= 0.6 is 11.3 Å². The van der Waals surface area contributed by atoms with Crippen LogP contribution in [0.5, 0.6) is 5.75 Å². The second-order valence-electron chi connectivity index (χ2n) is 7.36. The zero-order valence-corrected chi connectivity index (χ0v) is 16.4. The second-order valence-corrected chi connectivity index (χ2v) is 8.30. The molecular formula is C21H25N3O2S. The number of likely N-dealkylation sites (tertiary alicyclic amines) is 1. The Morgan fingerprint density at radius 1 is 1.26 bits per heavy atom. The third kappa shape index (κ3) is 3.77. The average Bonchev–Trinajstić information content (AvgIpc) is 3.33. The van der Waals surface area contributed by atoms with Gasteiger partial charge < -0.3 is 5.11 Å². The Hall–Kier alpha value is -2.18. The Labute approximate surface area is 163 Å². The van der Waals surface area contributed by atoms with E-state index in [1.54, 1.807) is 28.5 Å². The van der Waals surface area contributed by atoms with Gasteiger partial charge in [-0.15, -0.1) is 11.3 Å². The summed E-state index contributed by atoms with van der Waals surface area (Å²) in [7, 11) is 0. The van der Waals surface area contributed by atoms with Crippen molar-refractivity contribution in [2.45, 2.75) is 44.7 Å². The standard InChI is InChI=1S/C21H25N3O2S/c1-15-7-4-5-11-23(15)14-21(26)24-18(16-8-2-3-9-19(16)25)13-17(22-24)20-10-6-12-27-20/h2-3,6,8-10,12,15,18,25H,4-5,7,11,13-14H2,1H3/t15-,18-/m0/s1. The molecule has 27 heavy (non-hydrogen) atoms. The Morgan fingerprint density at radius 3 is 2.85 bits per heavy atom. The summed E-state index contributed by atoms with van der Waals surface area (Å²) in [4.78, 5) is 16.5. The van der Waals surface area contributed by atoms with Gasteiger partial charge in [0.25, 0.3) is 5.91 Å². The summed E-state index contributed by atoms with van der Waals surface area (Å²) in [6.45, 7) is 3.53. The summed E-state index contributed by atoms with van der Waals surface area (Å²) in [6, 6.07) is 11.5. The monoisotopic (exact) mass is 383 g/mol. The number of carbonyl (C=O) groups is 1. The fourth-order valence-corrected chi connectivity index (χ4v) is 4.70. The normalized spacial score (nSPS) is 23.4. The minimum absolute atomic E-state index is 0.00330. The Kier molecular flexibility index (Phi) is 5.27. The number of carbonyl (C=O) groups excluding carboxylic acids is 1. The van der Waals surface area contributed by atoms with Crippen molar-refractivity contribution in [2.24, 2.45) is 5.10 Å². The predicted octanol–water partition coefficient (Wildman–Crippen LogP) is 4.01. The van der Waals surface area contributed by atoms with Gasteiger partial charge in [0, 0.05) is 18.0 Å². The maximum atomic E-state index is 13.2. The third-order valence-electron chi connectivity index (χ3n) is 5.55. The highest BCUT2D eigenvalue weighted by Gasteiger charge is 2.36. The zero-order chi connectivity index (χ0) is 18.8. The van der Waals surface area contributed by atoms with Gasteiger partial charge in [-0.1, -0.05) is 30.7 Å². The Bertz CT molecular complexity index is 834. The molecule has 0 saturated carbocycles. The van der Waals surface area contributed by atoms with Crippen molar-refractivity contribution in [3.63, 3.8) is 0 Å². The molecule has 0 unspecified atom stereocenters.